The first-order chi connectivity index (χ1) is 8.89. The fourth-order valence-electron chi connectivity index (χ4n) is 1.83. The number of alkyl halides is 3. The molecule has 0 aliphatic heterocycles. The molecule has 0 radical (unpaired) electrons. The molecule has 0 aliphatic rings. The highest BCUT2D eigenvalue weighted by Crippen LogP contribution is 2.24. The van der Waals surface area contributed by atoms with E-state index in [-0.39, 0.29) is 19.7 Å². The summed E-state index contributed by atoms with van der Waals surface area (Å²) in [5.74, 6) is 0.526. The van der Waals surface area contributed by atoms with Crippen LogP contribution in [-0.4, -0.2) is 36.4 Å². The van der Waals surface area contributed by atoms with Gasteiger partial charge in [0.15, 0.2) is 0 Å². The maximum atomic E-state index is 12.4. The van der Waals surface area contributed by atoms with E-state index in [2.05, 4.69) is 0 Å². The van der Waals surface area contributed by atoms with Crippen LogP contribution in [0.1, 0.15) is 18.1 Å². The maximum Gasteiger partial charge on any atom is 0.401 e. The van der Waals surface area contributed by atoms with Gasteiger partial charge in [-0.15, -0.1) is 0 Å². The van der Waals surface area contributed by atoms with Gasteiger partial charge in [0.25, 0.3) is 0 Å². The summed E-state index contributed by atoms with van der Waals surface area (Å²) in [5, 5.41) is 9.07. The second-order valence-corrected chi connectivity index (χ2v) is 4.22. The summed E-state index contributed by atoms with van der Waals surface area (Å²) in [5.41, 5.74) is 1.29. The highest BCUT2D eigenvalue weighted by atomic mass is 19.4. The van der Waals surface area contributed by atoms with Gasteiger partial charge in [0.2, 0.25) is 0 Å². The molecule has 3 nitrogen and oxygen atoms in total. The number of rotatable bonds is 6. The second kappa shape index (κ2) is 6.77. The van der Waals surface area contributed by atoms with Crippen molar-refractivity contribution in [3.05, 3.63) is 29.3 Å². The van der Waals surface area contributed by atoms with Crippen molar-refractivity contribution in [2.45, 2.75) is 26.3 Å². The lowest BCUT2D eigenvalue weighted by atomic mass is 10.1. The highest BCUT2D eigenvalue weighted by Gasteiger charge is 2.30. The first kappa shape index (κ1) is 15.8. The van der Waals surface area contributed by atoms with Crippen LogP contribution in [0.15, 0.2) is 18.2 Å². The van der Waals surface area contributed by atoms with E-state index >= 15 is 0 Å². The van der Waals surface area contributed by atoms with E-state index in [9.17, 15) is 13.2 Å². The van der Waals surface area contributed by atoms with Gasteiger partial charge >= 0.3 is 6.18 Å². The fraction of sp³-hybridized carbons (Fsp3) is 0.538. The summed E-state index contributed by atoms with van der Waals surface area (Å²) in [7, 11) is 1.47. The molecule has 0 spiro atoms. The summed E-state index contributed by atoms with van der Waals surface area (Å²) >= 11 is 0. The van der Waals surface area contributed by atoms with Gasteiger partial charge in [0.1, 0.15) is 5.75 Å². The molecule has 1 rings (SSSR count). The number of nitrogens with zero attached hydrogens (tertiary/aromatic N) is 1. The lowest BCUT2D eigenvalue weighted by Crippen LogP contribution is -2.33. The predicted octanol–water partition coefficient (Wildman–Crippen LogP) is 2.57. The summed E-state index contributed by atoms with van der Waals surface area (Å²) in [6, 6.07) is 5.00. The summed E-state index contributed by atoms with van der Waals surface area (Å²) in [6.07, 6.45) is -4.22. The van der Waals surface area contributed by atoms with Gasteiger partial charge < -0.3 is 9.84 Å². The van der Waals surface area contributed by atoms with Crippen LogP contribution >= 0.6 is 0 Å². The SMILES string of the molecule is CCN(Cc1cc(CO)ccc1OC)CC(F)(F)F. The number of aliphatic hydroxyl groups excluding tert-OH is 1. The molecule has 1 aromatic rings. The first-order valence-electron chi connectivity index (χ1n) is 5.95. The molecule has 19 heavy (non-hydrogen) atoms. The van der Waals surface area contributed by atoms with Crippen LogP contribution < -0.4 is 4.74 Å². The molecule has 0 saturated carbocycles. The van der Waals surface area contributed by atoms with E-state index in [4.69, 9.17) is 9.84 Å². The number of hydrogen-bond acceptors (Lipinski definition) is 3. The highest BCUT2D eigenvalue weighted by molar-refractivity contribution is 5.37. The Bertz CT molecular complexity index is 407. The minimum Gasteiger partial charge on any atom is -0.496 e. The summed E-state index contributed by atoms with van der Waals surface area (Å²) in [4.78, 5) is 1.28. The Hall–Kier alpha value is -1.27. The Morgan fingerprint density at radius 1 is 1.32 bits per heavy atom. The smallest absolute Gasteiger partial charge is 0.401 e. The Labute approximate surface area is 110 Å². The van der Waals surface area contributed by atoms with Crippen LogP contribution in [0.5, 0.6) is 5.75 Å². The lowest BCUT2D eigenvalue weighted by Gasteiger charge is -2.23. The zero-order valence-corrected chi connectivity index (χ0v) is 11.0. The lowest BCUT2D eigenvalue weighted by molar-refractivity contribution is -0.146. The van der Waals surface area contributed by atoms with Gasteiger partial charge in [-0.05, 0) is 24.2 Å². The van der Waals surface area contributed by atoms with Crippen LogP contribution in [0.3, 0.4) is 0 Å². The molecule has 0 heterocycles. The minimum absolute atomic E-state index is 0.132. The second-order valence-electron chi connectivity index (χ2n) is 4.22. The van der Waals surface area contributed by atoms with Gasteiger partial charge in [0.05, 0.1) is 20.3 Å². The van der Waals surface area contributed by atoms with Gasteiger partial charge in [-0.25, -0.2) is 0 Å². The van der Waals surface area contributed by atoms with Crippen LogP contribution in [0.4, 0.5) is 13.2 Å². The number of methoxy groups -OCH3 is 1. The molecule has 1 N–H and O–H groups in total. The first-order valence-corrected chi connectivity index (χ1v) is 5.95. The van der Waals surface area contributed by atoms with Crippen molar-refractivity contribution in [3.8, 4) is 5.75 Å². The number of ether oxygens (including phenoxy) is 1. The van der Waals surface area contributed by atoms with Crippen molar-refractivity contribution >= 4 is 0 Å². The molecule has 0 aliphatic carbocycles. The number of aliphatic hydroxyl groups is 1. The molecule has 0 aromatic heterocycles. The van der Waals surface area contributed by atoms with Crippen LogP contribution in [0.2, 0.25) is 0 Å². The Balaban J connectivity index is 2.88. The van der Waals surface area contributed by atoms with Crippen molar-refractivity contribution in [1.29, 1.82) is 0 Å². The van der Waals surface area contributed by atoms with E-state index in [0.29, 0.717) is 16.9 Å². The van der Waals surface area contributed by atoms with Gasteiger partial charge in [-0.2, -0.15) is 13.2 Å². The molecule has 0 fully saturated rings. The molecule has 108 valence electrons. The third kappa shape index (κ3) is 5.08. The molecule has 0 amide bonds. The van der Waals surface area contributed by atoms with E-state index in [0.717, 1.165) is 0 Å². The van der Waals surface area contributed by atoms with Gasteiger partial charge in [-0.3, -0.25) is 4.90 Å². The average Bonchev–Trinajstić information content (AvgIpc) is 2.36. The quantitative estimate of drug-likeness (QED) is 0.867. The third-order valence-electron chi connectivity index (χ3n) is 2.77. The molecule has 0 saturated heterocycles. The van der Waals surface area contributed by atoms with Gasteiger partial charge in [-0.1, -0.05) is 13.0 Å². The molecular formula is C13H18F3NO2. The van der Waals surface area contributed by atoms with E-state index < -0.39 is 12.7 Å². The third-order valence-corrected chi connectivity index (χ3v) is 2.77. The van der Waals surface area contributed by atoms with E-state index in [1.165, 1.54) is 12.0 Å². The average molecular weight is 277 g/mol. The predicted molar refractivity (Wildman–Crippen MR) is 65.9 cm³/mol. The van der Waals surface area contributed by atoms with Crippen molar-refractivity contribution in [2.24, 2.45) is 0 Å². The van der Waals surface area contributed by atoms with Crippen LogP contribution in [0.25, 0.3) is 0 Å². The number of hydrogen-bond donors (Lipinski definition) is 1. The zero-order chi connectivity index (χ0) is 14.5. The molecule has 0 unspecified atom stereocenters. The normalized spacial score (nSPS) is 11.9. The molecule has 1 aromatic carbocycles. The van der Waals surface area contributed by atoms with Crippen molar-refractivity contribution in [2.75, 3.05) is 20.2 Å². The minimum atomic E-state index is -4.22. The zero-order valence-electron chi connectivity index (χ0n) is 11.0. The number of benzene rings is 1. The maximum absolute atomic E-state index is 12.4. The van der Waals surface area contributed by atoms with E-state index in [1.54, 1.807) is 25.1 Å². The molecule has 0 atom stereocenters. The molecule has 6 heteroatoms. The monoisotopic (exact) mass is 277 g/mol. The van der Waals surface area contributed by atoms with E-state index in [1.807, 2.05) is 0 Å². The van der Waals surface area contributed by atoms with Crippen molar-refractivity contribution in [3.63, 3.8) is 0 Å². The summed E-state index contributed by atoms with van der Waals surface area (Å²) < 4.78 is 42.4. The van der Waals surface area contributed by atoms with Crippen LogP contribution in [0, 0.1) is 0 Å². The Kier molecular flexibility index (Phi) is 5.62. The van der Waals surface area contributed by atoms with Crippen molar-refractivity contribution < 1.29 is 23.0 Å². The number of halogens is 3. The van der Waals surface area contributed by atoms with Gasteiger partial charge in [0, 0.05) is 12.1 Å². The fourth-order valence-corrected chi connectivity index (χ4v) is 1.83. The topological polar surface area (TPSA) is 32.7 Å². The molecular weight excluding hydrogens is 259 g/mol. The molecule has 0 bridgehead atoms. The Morgan fingerprint density at radius 3 is 2.47 bits per heavy atom. The standard InChI is InChI=1S/C13H18F3NO2/c1-3-17(9-13(14,15)16)7-11-6-10(8-18)4-5-12(11)19-2/h4-6,18H,3,7-9H2,1-2H3. The van der Waals surface area contributed by atoms with Crippen molar-refractivity contribution in [1.82, 2.24) is 4.90 Å². The van der Waals surface area contributed by atoms with Crippen LogP contribution in [-0.2, 0) is 13.2 Å². The summed E-state index contributed by atoms with van der Waals surface area (Å²) in [6.45, 7) is 0.978. The Morgan fingerprint density at radius 2 is 2.00 bits per heavy atom. The largest absolute Gasteiger partial charge is 0.496 e.